The van der Waals surface area contributed by atoms with Crippen LogP contribution in [0.1, 0.15) is 16.9 Å². The number of hydrogen-bond acceptors (Lipinski definition) is 7. The van der Waals surface area contributed by atoms with Crippen LogP contribution in [0.25, 0.3) is 11.0 Å². The molecule has 2 aromatic carbocycles. The van der Waals surface area contributed by atoms with Gasteiger partial charge in [0.1, 0.15) is 17.1 Å². The van der Waals surface area contributed by atoms with Crippen LogP contribution in [0.5, 0.6) is 5.75 Å². The normalized spacial score (nSPS) is 17.3. The summed E-state index contributed by atoms with van der Waals surface area (Å²) in [5.74, 6) is 0.392. The number of imide groups is 1. The average molecular weight is 494 g/mol. The lowest BCUT2D eigenvalue weighted by Crippen LogP contribution is -2.52. The number of ether oxygens (including phenoxy) is 1. The molecule has 10 nitrogen and oxygen atoms in total. The van der Waals surface area contributed by atoms with Gasteiger partial charge in [-0.15, -0.1) is 0 Å². The van der Waals surface area contributed by atoms with E-state index >= 15 is 0 Å². The summed E-state index contributed by atoms with van der Waals surface area (Å²) in [6.45, 7) is 2.61. The molecule has 0 aliphatic carbocycles. The molecule has 1 aliphatic rings. The second-order valence-electron chi connectivity index (χ2n) is 9.13. The van der Waals surface area contributed by atoms with Crippen LogP contribution < -0.4 is 20.7 Å². The summed E-state index contributed by atoms with van der Waals surface area (Å²) in [6.07, 6.45) is 0.657. The molecule has 1 atom stereocenters. The van der Waals surface area contributed by atoms with Gasteiger partial charge < -0.3 is 29.6 Å². The van der Waals surface area contributed by atoms with Gasteiger partial charge in [0.2, 0.25) is 6.41 Å². The predicted molar refractivity (Wildman–Crippen MR) is 134 cm³/mol. The molecule has 10 heteroatoms. The molecule has 1 saturated heterocycles. The first-order chi connectivity index (χ1) is 17.3. The van der Waals surface area contributed by atoms with Crippen molar-refractivity contribution in [2.75, 3.05) is 40.8 Å². The zero-order valence-corrected chi connectivity index (χ0v) is 20.7. The highest BCUT2D eigenvalue weighted by Crippen LogP contribution is 2.32. The minimum absolute atomic E-state index is 0.0983. The summed E-state index contributed by atoms with van der Waals surface area (Å²) in [5.41, 5.74) is 0.951. The Morgan fingerprint density at radius 2 is 1.83 bits per heavy atom. The van der Waals surface area contributed by atoms with Crippen molar-refractivity contribution in [3.63, 3.8) is 0 Å². The molecule has 1 aromatic heterocycles. The van der Waals surface area contributed by atoms with Gasteiger partial charge in [0.05, 0.1) is 13.7 Å². The molecule has 0 unspecified atom stereocenters. The minimum Gasteiger partial charge on any atom is -0.497 e. The van der Waals surface area contributed by atoms with Gasteiger partial charge in [0.15, 0.2) is 5.54 Å². The molecule has 1 aliphatic heterocycles. The van der Waals surface area contributed by atoms with E-state index in [0.29, 0.717) is 24.3 Å². The number of nitrogens with one attached hydrogen (secondary N) is 3. The molecule has 36 heavy (non-hydrogen) atoms. The lowest BCUT2D eigenvalue weighted by Gasteiger charge is -2.29. The summed E-state index contributed by atoms with van der Waals surface area (Å²) in [4.78, 5) is 40.7. The van der Waals surface area contributed by atoms with E-state index in [1.165, 1.54) is 4.90 Å². The van der Waals surface area contributed by atoms with E-state index in [1.54, 1.807) is 25.3 Å². The third kappa shape index (κ3) is 5.50. The molecule has 0 radical (unpaired) electrons. The highest BCUT2D eigenvalue weighted by atomic mass is 16.5. The predicted octanol–water partition coefficient (Wildman–Crippen LogP) is 1.79. The first kappa shape index (κ1) is 25.2. The zero-order chi connectivity index (χ0) is 25.7. The summed E-state index contributed by atoms with van der Waals surface area (Å²) in [7, 11) is 5.63. The summed E-state index contributed by atoms with van der Waals surface area (Å²) in [5, 5.41) is 9.19. The van der Waals surface area contributed by atoms with E-state index in [9.17, 15) is 14.4 Å². The van der Waals surface area contributed by atoms with Crippen molar-refractivity contribution in [1.29, 1.82) is 0 Å². The van der Waals surface area contributed by atoms with Gasteiger partial charge in [-0.3, -0.25) is 14.9 Å². The third-order valence-corrected chi connectivity index (χ3v) is 6.14. The second-order valence-corrected chi connectivity index (χ2v) is 9.13. The topological polar surface area (TPSA) is 116 Å². The molecule has 190 valence electrons. The molecular formula is C26H31N5O5. The van der Waals surface area contributed by atoms with E-state index in [4.69, 9.17) is 9.15 Å². The molecule has 2 heterocycles. The minimum atomic E-state index is -1.55. The molecule has 0 spiro atoms. The Hall–Kier alpha value is -3.89. The number of furan rings is 1. The van der Waals surface area contributed by atoms with Crippen molar-refractivity contribution in [3.05, 3.63) is 65.4 Å². The first-order valence-electron chi connectivity index (χ1n) is 11.7. The van der Waals surface area contributed by atoms with Crippen LogP contribution in [0.3, 0.4) is 0 Å². The second kappa shape index (κ2) is 10.8. The standard InChI is InChI=1S/C26H31N5O5/c1-30(2)11-10-27-14-19-6-9-22-20(12-19)13-23(36-22)26(24(33)28-25(34)29-26)16-31(17-32)15-18-4-7-21(35-3)8-5-18/h4-9,12-13,17,27H,10-11,14-16H2,1-3H3,(H2,28,29,33,34)/t26-/m0/s1. The maximum atomic E-state index is 13.0. The van der Waals surface area contributed by atoms with Gasteiger partial charge in [-0.25, -0.2) is 4.79 Å². The quantitative estimate of drug-likeness (QED) is 0.200. The number of carbonyl (C=O) groups excluding carboxylic acids is 3. The average Bonchev–Trinajstić information content (AvgIpc) is 3.42. The molecule has 0 saturated carbocycles. The lowest BCUT2D eigenvalue weighted by atomic mass is 9.95. The number of amides is 4. The van der Waals surface area contributed by atoms with Crippen LogP contribution >= 0.6 is 0 Å². The van der Waals surface area contributed by atoms with Gasteiger partial charge in [-0.05, 0) is 55.6 Å². The fraction of sp³-hybridized carbons (Fsp3) is 0.346. The number of methoxy groups -OCH3 is 1. The van der Waals surface area contributed by atoms with Crippen LogP contribution in [0, 0.1) is 0 Å². The van der Waals surface area contributed by atoms with Crippen LogP contribution in [-0.4, -0.2) is 69.0 Å². The summed E-state index contributed by atoms with van der Waals surface area (Å²) < 4.78 is 11.2. The Bertz CT molecular complexity index is 1240. The van der Waals surface area contributed by atoms with E-state index in [-0.39, 0.29) is 18.8 Å². The Morgan fingerprint density at radius 1 is 1.08 bits per heavy atom. The van der Waals surface area contributed by atoms with Crippen molar-refractivity contribution in [2.45, 2.75) is 18.6 Å². The van der Waals surface area contributed by atoms with Crippen LogP contribution in [0.15, 0.2) is 52.9 Å². The number of fused-ring (bicyclic) bond motifs is 1. The number of urea groups is 1. The maximum absolute atomic E-state index is 13.0. The van der Waals surface area contributed by atoms with Gasteiger partial charge in [0.25, 0.3) is 5.91 Å². The highest BCUT2D eigenvalue weighted by molar-refractivity contribution is 6.07. The molecular weight excluding hydrogens is 462 g/mol. The molecule has 4 rings (SSSR count). The fourth-order valence-corrected chi connectivity index (χ4v) is 4.20. The fourth-order valence-electron chi connectivity index (χ4n) is 4.20. The largest absolute Gasteiger partial charge is 0.497 e. The number of likely N-dealkylation sites (N-methyl/N-ethyl adjacent to an activating group) is 1. The van der Waals surface area contributed by atoms with Crippen molar-refractivity contribution in [2.24, 2.45) is 0 Å². The molecule has 3 aromatic rings. The molecule has 3 N–H and O–H groups in total. The Labute approximate surface area is 209 Å². The van der Waals surface area contributed by atoms with Crippen molar-refractivity contribution < 1.29 is 23.5 Å². The lowest BCUT2D eigenvalue weighted by molar-refractivity contribution is -0.127. The van der Waals surface area contributed by atoms with Gasteiger partial charge in [0, 0.05) is 31.6 Å². The Kier molecular flexibility index (Phi) is 7.56. The number of carbonyl (C=O) groups is 3. The van der Waals surface area contributed by atoms with Crippen molar-refractivity contribution >= 4 is 29.3 Å². The molecule has 0 bridgehead atoms. The van der Waals surface area contributed by atoms with E-state index < -0.39 is 17.5 Å². The number of rotatable bonds is 12. The van der Waals surface area contributed by atoms with Gasteiger partial charge >= 0.3 is 6.03 Å². The van der Waals surface area contributed by atoms with Crippen molar-refractivity contribution in [1.82, 2.24) is 25.8 Å². The van der Waals surface area contributed by atoms with E-state index in [0.717, 1.165) is 29.6 Å². The summed E-state index contributed by atoms with van der Waals surface area (Å²) in [6, 6.07) is 14.2. The van der Waals surface area contributed by atoms with Crippen LogP contribution in [0.4, 0.5) is 4.79 Å². The third-order valence-electron chi connectivity index (χ3n) is 6.14. The zero-order valence-electron chi connectivity index (χ0n) is 20.7. The number of nitrogens with zero attached hydrogens (tertiary/aromatic N) is 2. The monoisotopic (exact) mass is 493 g/mol. The van der Waals surface area contributed by atoms with Gasteiger partial charge in [-0.2, -0.15) is 0 Å². The van der Waals surface area contributed by atoms with E-state index in [2.05, 4.69) is 20.9 Å². The number of hydrogen-bond donors (Lipinski definition) is 3. The SMILES string of the molecule is COc1ccc(CN(C=O)C[C@@]2(c3cc4cc(CNCCN(C)C)ccc4o3)NC(=O)NC2=O)cc1. The first-order valence-corrected chi connectivity index (χ1v) is 11.7. The smallest absolute Gasteiger partial charge is 0.322 e. The van der Waals surface area contributed by atoms with Crippen LogP contribution in [-0.2, 0) is 28.2 Å². The van der Waals surface area contributed by atoms with Crippen molar-refractivity contribution in [3.8, 4) is 5.75 Å². The Morgan fingerprint density at radius 3 is 2.47 bits per heavy atom. The van der Waals surface area contributed by atoms with Gasteiger partial charge in [-0.1, -0.05) is 18.2 Å². The van der Waals surface area contributed by atoms with E-state index in [1.807, 2.05) is 44.4 Å². The molecule has 4 amide bonds. The maximum Gasteiger partial charge on any atom is 0.322 e. The van der Waals surface area contributed by atoms with Crippen LogP contribution in [0.2, 0.25) is 0 Å². The molecule has 1 fully saturated rings. The number of benzene rings is 2. The Balaban J connectivity index is 1.57. The summed E-state index contributed by atoms with van der Waals surface area (Å²) >= 11 is 0. The highest BCUT2D eigenvalue weighted by Gasteiger charge is 2.51.